The van der Waals surface area contributed by atoms with Crippen LogP contribution >= 0.6 is 12.4 Å². The van der Waals surface area contributed by atoms with E-state index in [1.54, 1.807) is 0 Å². The molecule has 2 heterocycles. The number of ether oxygens (including phenoxy) is 1. The molecular formula is C14H27ClN2O2. The number of esters is 1. The highest BCUT2D eigenvalue weighted by atomic mass is 35.5. The lowest BCUT2D eigenvalue weighted by Crippen LogP contribution is -2.39. The number of carbonyl (C=O) groups is 1. The van der Waals surface area contributed by atoms with Gasteiger partial charge >= 0.3 is 5.97 Å². The number of halogens is 1. The van der Waals surface area contributed by atoms with Gasteiger partial charge in [0.25, 0.3) is 0 Å². The van der Waals surface area contributed by atoms with E-state index < -0.39 is 0 Å². The molecule has 2 saturated heterocycles. The summed E-state index contributed by atoms with van der Waals surface area (Å²) >= 11 is 0. The number of hydrogen-bond donors (Lipinski definition) is 1. The molecule has 3 atom stereocenters. The van der Waals surface area contributed by atoms with Crippen molar-refractivity contribution in [2.45, 2.75) is 27.2 Å². The molecule has 0 bridgehead atoms. The maximum atomic E-state index is 11.9. The van der Waals surface area contributed by atoms with Crippen LogP contribution in [-0.4, -0.2) is 50.7 Å². The molecule has 0 aromatic rings. The van der Waals surface area contributed by atoms with Crippen LogP contribution in [0.3, 0.4) is 0 Å². The van der Waals surface area contributed by atoms with Gasteiger partial charge in [-0.05, 0) is 31.2 Å². The fourth-order valence-corrected chi connectivity index (χ4v) is 3.44. The van der Waals surface area contributed by atoms with E-state index in [2.05, 4.69) is 24.1 Å². The summed E-state index contributed by atoms with van der Waals surface area (Å²) in [6.07, 6.45) is 1.23. The van der Waals surface area contributed by atoms with Crippen LogP contribution in [0, 0.1) is 16.7 Å². The van der Waals surface area contributed by atoms with Crippen LogP contribution in [0.15, 0.2) is 0 Å². The fraction of sp³-hybridized carbons (Fsp3) is 0.929. The average Bonchev–Trinajstić information content (AvgIpc) is 2.84. The number of nitrogens with zero attached hydrogens (tertiary/aromatic N) is 1. The largest absolute Gasteiger partial charge is 0.469 e. The van der Waals surface area contributed by atoms with E-state index in [-0.39, 0.29) is 23.8 Å². The van der Waals surface area contributed by atoms with Gasteiger partial charge in [-0.3, -0.25) is 4.79 Å². The zero-order chi connectivity index (χ0) is 13.4. The van der Waals surface area contributed by atoms with Crippen LogP contribution < -0.4 is 5.32 Å². The molecule has 0 amide bonds. The highest BCUT2D eigenvalue weighted by molar-refractivity contribution is 5.85. The van der Waals surface area contributed by atoms with Crippen LogP contribution in [0.5, 0.6) is 0 Å². The van der Waals surface area contributed by atoms with E-state index >= 15 is 0 Å². The summed E-state index contributed by atoms with van der Waals surface area (Å²) in [4.78, 5) is 14.4. The lowest BCUT2D eigenvalue weighted by atomic mass is 9.81. The molecule has 2 fully saturated rings. The topological polar surface area (TPSA) is 41.6 Å². The van der Waals surface area contributed by atoms with Crippen LogP contribution in [-0.2, 0) is 9.53 Å². The van der Waals surface area contributed by atoms with Crippen molar-refractivity contribution in [3.63, 3.8) is 0 Å². The van der Waals surface area contributed by atoms with Gasteiger partial charge in [-0.15, -0.1) is 12.4 Å². The Morgan fingerprint density at radius 3 is 2.68 bits per heavy atom. The standard InChI is InChI=1S/C14H26N2O2.ClH/c1-11-7-16(9-13(2)5-6-15-8-13)10-14(11,3)12(17)18-4;/h11,15H,5-10H2,1-4H3;1H/t11-,13?,14-;/m1./s1. The summed E-state index contributed by atoms with van der Waals surface area (Å²) in [5.41, 5.74) is 0.0260. The van der Waals surface area contributed by atoms with Gasteiger partial charge in [-0.1, -0.05) is 13.8 Å². The Morgan fingerprint density at radius 2 is 2.16 bits per heavy atom. The summed E-state index contributed by atoms with van der Waals surface area (Å²) in [5, 5.41) is 3.43. The number of nitrogens with one attached hydrogen (secondary N) is 1. The smallest absolute Gasteiger partial charge is 0.313 e. The molecule has 2 aliphatic heterocycles. The summed E-state index contributed by atoms with van der Waals surface area (Å²) in [7, 11) is 1.49. The van der Waals surface area contributed by atoms with E-state index in [9.17, 15) is 4.79 Å². The second-order valence-corrected chi connectivity index (χ2v) is 6.72. The summed E-state index contributed by atoms with van der Waals surface area (Å²) in [6.45, 7) is 11.7. The minimum absolute atomic E-state index is 0. The highest BCUT2D eigenvalue weighted by Crippen LogP contribution is 2.38. The number of carbonyl (C=O) groups excluding carboxylic acids is 1. The molecule has 0 aliphatic carbocycles. The van der Waals surface area contributed by atoms with E-state index in [0.29, 0.717) is 11.3 Å². The molecule has 0 saturated carbocycles. The molecule has 0 radical (unpaired) electrons. The minimum atomic E-state index is -0.336. The Labute approximate surface area is 122 Å². The average molecular weight is 291 g/mol. The lowest BCUT2D eigenvalue weighted by molar-refractivity contribution is -0.152. The van der Waals surface area contributed by atoms with E-state index in [1.165, 1.54) is 13.5 Å². The van der Waals surface area contributed by atoms with Gasteiger partial charge in [-0.25, -0.2) is 0 Å². The predicted molar refractivity (Wildman–Crippen MR) is 78.6 cm³/mol. The third kappa shape index (κ3) is 3.23. The molecule has 0 aromatic carbocycles. The first kappa shape index (κ1) is 16.7. The number of hydrogen-bond acceptors (Lipinski definition) is 4. The molecule has 1 unspecified atom stereocenters. The molecular weight excluding hydrogens is 264 g/mol. The molecule has 0 spiro atoms. The normalized spacial score (nSPS) is 39.1. The second kappa shape index (κ2) is 5.98. The Balaban J connectivity index is 0.00000180. The Kier molecular flexibility index (Phi) is 5.27. The Bertz CT molecular complexity index is 331. The third-order valence-electron chi connectivity index (χ3n) is 4.89. The SMILES string of the molecule is COC(=O)[C@]1(C)CN(CC2(C)CCNC2)C[C@H]1C.Cl. The summed E-state index contributed by atoms with van der Waals surface area (Å²) in [6, 6.07) is 0. The molecule has 112 valence electrons. The first-order valence-corrected chi connectivity index (χ1v) is 6.91. The van der Waals surface area contributed by atoms with Gasteiger partial charge in [0.05, 0.1) is 12.5 Å². The maximum Gasteiger partial charge on any atom is 0.313 e. The molecule has 0 aromatic heterocycles. The molecule has 1 N–H and O–H groups in total. The molecule has 4 nitrogen and oxygen atoms in total. The molecule has 5 heteroatoms. The van der Waals surface area contributed by atoms with Gasteiger partial charge in [-0.2, -0.15) is 0 Å². The molecule has 19 heavy (non-hydrogen) atoms. The van der Waals surface area contributed by atoms with Crippen LogP contribution in [0.1, 0.15) is 27.2 Å². The van der Waals surface area contributed by atoms with E-state index in [1.807, 2.05) is 6.92 Å². The van der Waals surface area contributed by atoms with Crippen molar-refractivity contribution >= 4 is 18.4 Å². The van der Waals surface area contributed by atoms with Gasteiger partial charge in [0.2, 0.25) is 0 Å². The van der Waals surface area contributed by atoms with Crippen molar-refractivity contribution in [3.05, 3.63) is 0 Å². The van der Waals surface area contributed by atoms with Crippen molar-refractivity contribution in [1.82, 2.24) is 10.2 Å². The van der Waals surface area contributed by atoms with Gasteiger partial charge < -0.3 is 15.0 Å². The Hall–Kier alpha value is -0.320. The lowest BCUT2D eigenvalue weighted by Gasteiger charge is -2.30. The van der Waals surface area contributed by atoms with Crippen molar-refractivity contribution < 1.29 is 9.53 Å². The van der Waals surface area contributed by atoms with Gasteiger partial charge in [0.15, 0.2) is 0 Å². The zero-order valence-electron chi connectivity index (χ0n) is 12.5. The quantitative estimate of drug-likeness (QED) is 0.801. The third-order valence-corrected chi connectivity index (χ3v) is 4.89. The zero-order valence-corrected chi connectivity index (χ0v) is 13.3. The van der Waals surface area contributed by atoms with Crippen molar-refractivity contribution in [2.75, 3.05) is 39.8 Å². The predicted octanol–water partition coefficient (Wildman–Crippen LogP) is 1.54. The first-order valence-electron chi connectivity index (χ1n) is 6.91. The van der Waals surface area contributed by atoms with E-state index in [4.69, 9.17) is 4.74 Å². The second-order valence-electron chi connectivity index (χ2n) is 6.72. The van der Waals surface area contributed by atoms with Crippen LogP contribution in [0.4, 0.5) is 0 Å². The van der Waals surface area contributed by atoms with Gasteiger partial charge in [0, 0.05) is 26.2 Å². The number of likely N-dealkylation sites (tertiary alicyclic amines) is 1. The fourth-order valence-electron chi connectivity index (χ4n) is 3.44. The van der Waals surface area contributed by atoms with Crippen molar-refractivity contribution in [1.29, 1.82) is 0 Å². The van der Waals surface area contributed by atoms with Crippen molar-refractivity contribution in [3.8, 4) is 0 Å². The maximum absolute atomic E-state index is 11.9. The monoisotopic (exact) mass is 290 g/mol. The number of methoxy groups -OCH3 is 1. The van der Waals surface area contributed by atoms with Crippen LogP contribution in [0.25, 0.3) is 0 Å². The van der Waals surface area contributed by atoms with Crippen LogP contribution in [0.2, 0.25) is 0 Å². The summed E-state index contributed by atoms with van der Waals surface area (Å²) in [5.74, 6) is 0.301. The molecule has 2 aliphatic rings. The molecule has 2 rings (SSSR count). The highest BCUT2D eigenvalue weighted by Gasteiger charge is 2.48. The van der Waals surface area contributed by atoms with E-state index in [0.717, 1.165) is 32.7 Å². The Morgan fingerprint density at radius 1 is 1.47 bits per heavy atom. The first-order chi connectivity index (χ1) is 8.39. The van der Waals surface area contributed by atoms with Crippen molar-refractivity contribution in [2.24, 2.45) is 16.7 Å². The van der Waals surface area contributed by atoms with Gasteiger partial charge in [0.1, 0.15) is 0 Å². The minimum Gasteiger partial charge on any atom is -0.469 e. The summed E-state index contributed by atoms with van der Waals surface area (Å²) < 4.78 is 4.97. The number of rotatable bonds is 3.